The third-order valence-corrected chi connectivity index (χ3v) is 2.27. The monoisotopic (exact) mass is 229 g/mol. The normalized spacial score (nSPS) is 10.1. The molecule has 0 fully saturated rings. The molecule has 0 heterocycles. The predicted molar refractivity (Wildman–Crippen MR) is 55.7 cm³/mol. The number of ether oxygens (including phenoxy) is 1. The Labute approximate surface area is 92.6 Å². The number of hydrogen-bond acceptors (Lipinski definition) is 2. The number of carbonyl (C=O) groups excluding carboxylic acids is 1. The van der Waals surface area contributed by atoms with Crippen LogP contribution in [-0.4, -0.2) is 32.0 Å². The van der Waals surface area contributed by atoms with Gasteiger partial charge in [0.25, 0.3) is 5.91 Å². The fraction of sp³-hybridized carbons (Fsp3) is 0.364. The number of hydrogen-bond donors (Lipinski definition) is 0. The van der Waals surface area contributed by atoms with Gasteiger partial charge < -0.3 is 9.64 Å². The van der Waals surface area contributed by atoms with Crippen LogP contribution in [0.5, 0.6) is 5.75 Å². The summed E-state index contributed by atoms with van der Waals surface area (Å²) in [6.07, 6.45) is 0. The summed E-state index contributed by atoms with van der Waals surface area (Å²) in [6, 6.07) is 1.20. The Kier molecular flexibility index (Phi) is 3.47. The molecule has 88 valence electrons. The summed E-state index contributed by atoms with van der Waals surface area (Å²) < 4.78 is 31.4. The number of rotatable bonds is 2. The molecular formula is C11H13F2NO2. The van der Waals surface area contributed by atoms with Crippen molar-refractivity contribution in [2.24, 2.45) is 0 Å². The van der Waals surface area contributed by atoms with Crippen LogP contribution < -0.4 is 4.74 Å². The lowest BCUT2D eigenvalue weighted by atomic mass is 10.1. The maximum Gasteiger partial charge on any atom is 0.253 e. The second-order valence-electron chi connectivity index (χ2n) is 3.58. The molecule has 0 N–H and O–H groups in total. The first-order chi connectivity index (χ1) is 7.40. The van der Waals surface area contributed by atoms with E-state index in [1.807, 2.05) is 0 Å². The number of carbonyl (C=O) groups is 1. The molecule has 0 bridgehead atoms. The van der Waals surface area contributed by atoms with Crippen molar-refractivity contribution in [2.75, 3.05) is 21.2 Å². The van der Waals surface area contributed by atoms with Gasteiger partial charge in [-0.25, -0.2) is 4.39 Å². The van der Waals surface area contributed by atoms with Gasteiger partial charge in [-0.3, -0.25) is 4.79 Å². The van der Waals surface area contributed by atoms with Crippen LogP contribution in [0.3, 0.4) is 0 Å². The number of methoxy groups -OCH3 is 1. The first-order valence-electron chi connectivity index (χ1n) is 4.64. The zero-order valence-corrected chi connectivity index (χ0v) is 9.60. The molecule has 5 heteroatoms. The molecule has 1 aromatic carbocycles. The Morgan fingerprint density at radius 1 is 1.31 bits per heavy atom. The van der Waals surface area contributed by atoms with Gasteiger partial charge in [0.15, 0.2) is 11.6 Å². The molecule has 0 aromatic heterocycles. The maximum absolute atomic E-state index is 13.4. The van der Waals surface area contributed by atoms with Crippen LogP contribution in [0.15, 0.2) is 6.07 Å². The smallest absolute Gasteiger partial charge is 0.253 e. The summed E-state index contributed by atoms with van der Waals surface area (Å²) in [4.78, 5) is 13.0. The number of halogens is 2. The van der Waals surface area contributed by atoms with E-state index in [4.69, 9.17) is 0 Å². The van der Waals surface area contributed by atoms with Crippen LogP contribution in [0.1, 0.15) is 15.9 Å². The van der Waals surface area contributed by atoms with Crippen LogP contribution in [0.4, 0.5) is 8.78 Å². The number of nitrogens with zero attached hydrogens (tertiary/aromatic N) is 1. The summed E-state index contributed by atoms with van der Waals surface area (Å²) in [5.41, 5.74) is 0.0813. The van der Waals surface area contributed by atoms with Gasteiger partial charge in [0.05, 0.1) is 7.11 Å². The second-order valence-corrected chi connectivity index (χ2v) is 3.58. The van der Waals surface area contributed by atoms with Crippen molar-refractivity contribution in [3.8, 4) is 5.75 Å². The van der Waals surface area contributed by atoms with Gasteiger partial charge in [0, 0.05) is 25.2 Å². The molecule has 1 rings (SSSR count). The summed E-state index contributed by atoms with van der Waals surface area (Å²) in [5, 5.41) is 0. The summed E-state index contributed by atoms with van der Waals surface area (Å²) >= 11 is 0. The molecule has 0 aliphatic heterocycles. The second kappa shape index (κ2) is 4.47. The predicted octanol–water partition coefficient (Wildman–Crippen LogP) is 1.98. The lowest BCUT2D eigenvalue weighted by Gasteiger charge is -2.14. The Balaban J connectivity index is 3.41. The van der Waals surface area contributed by atoms with Crippen LogP contribution in [0.25, 0.3) is 0 Å². The van der Waals surface area contributed by atoms with Crippen molar-refractivity contribution >= 4 is 5.91 Å². The number of amides is 1. The van der Waals surface area contributed by atoms with Gasteiger partial charge in [0.1, 0.15) is 0 Å². The Morgan fingerprint density at radius 3 is 2.31 bits per heavy atom. The molecule has 0 spiro atoms. The minimum absolute atomic E-state index is 0.0167. The molecule has 1 aromatic rings. The lowest BCUT2D eigenvalue weighted by Crippen LogP contribution is -2.23. The fourth-order valence-electron chi connectivity index (χ4n) is 1.31. The van der Waals surface area contributed by atoms with Crippen molar-refractivity contribution in [3.63, 3.8) is 0 Å². The number of benzene rings is 1. The highest BCUT2D eigenvalue weighted by Crippen LogP contribution is 2.26. The summed E-state index contributed by atoms with van der Waals surface area (Å²) in [7, 11) is 4.29. The standard InChI is InChI=1S/C11H13F2NO2/c1-6-7(11(15)14(2)3)5-8(16-4)10(13)9(6)12/h5H,1-4H3. The largest absolute Gasteiger partial charge is 0.494 e. The lowest BCUT2D eigenvalue weighted by molar-refractivity contribution is 0.0825. The zero-order chi connectivity index (χ0) is 12.5. The van der Waals surface area contributed by atoms with Crippen molar-refractivity contribution in [1.29, 1.82) is 0 Å². The van der Waals surface area contributed by atoms with Gasteiger partial charge in [0.2, 0.25) is 5.82 Å². The van der Waals surface area contributed by atoms with Crippen LogP contribution in [0.2, 0.25) is 0 Å². The van der Waals surface area contributed by atoms with Crippen molar-refractivity contribution in [3.05, 3.63) is 28.8 Å². The van der Waals surface area contributed by atoms with E-state index < -0.39 is 17.5 Å². The highest BCUT2D eigenvalue weighted by atomic mass is 19.2. The molecule has 0 saturated carbocycles. The molecule has 0 atom stereocenters. The van der Waals surface area contributed by atoms with Gasteiger partial charge in [-0.1, -0.05) is 0 Å². The van der Waals surface area contributed by atoms with E-state index in [1.54, 1.807) is 0 Å². The first-order valence-corrected chi connectivity index (χ1v) is 4.64. The molecule has 0 aliphatic rings. The van der Waals surface area contributed by atoms with Gasteiger partial charge in [-0.05, 0) is 13.0 Å². The zero-order valence-electron chi connectivity index (χ0n) is 9.60. The van der Waals surface area contributed by atoms with E-state index in [-0.39, 0.29) is 16.9 Å². The molecular weight excluding hydrogens is 216 g/mol. The molecule has 0 saturated heterocycles. The van der Waals surface area contributed by atoms with E-state index in [0.717, 1.165) is 0 Å². The van der Waals surface area contributed by atoms with E-state index in [0.29, 0.717) is 0 Å². The van der Waals surface area contributed by atoms with E-state index in [2.05, 4.69) is 4.74 Å². The Morgan fingerprint density at radius 2 is 1.88 bits per heavy atom. The SMILES string of the molecule is COc1cc(C(=O)N(C)C)c(C)c(F)c1F. The van der Waals surface area contributed by atoms with Gasteiger partial charge >= 0.3 is 0 Å². The fourth-order valence-corrected chi connectivity index (χ4v) is 1.31. The van der Waals surface area contributed by atoms with Crippen LogP contribution in [-0.2, 0) is 0 Å². The summed E-state index contributed by atoms with van der Waals surface area (Å²) in [5.74, 6) is -2.79. The molecule has 0 unspecified atom stereocenters. The first kappa shape index (κ1) is 12.4. The Hall–Kier alpha value is -1.65. The highest BCUT2D eigenvalue weighted by molar-refractivity contribution is 5.95. The molecule has 0 aliphatic carbocycles. The molecule has 0 radical (unpaired) electrons. The molecule has 1 amide bonds. The quantitative estimate of drug-likeness (QED) is 0.776. The van der Waals surface area contributed by atoms with Crippen LogP contribution >= 0.6 is 0 Å². The van der Waals surface area contributed by atoms with Crippen molar-refractivity contribution < 1.29 is 18.3 Å². The van der Waals surface area contributed by atoms with Crippen molar-refractivity contribution in [2.45, 2.75) is 6.92 Å². The van der Waals surface area contributed by atoms with E-state index in [9.17, 15) is 13.6 Å². The van der Waals surface area contributed by atoms with E-state index >= 15 is 0 Å². The van der Waals surface area contributed by atoms with Gasteiger partial charge in [-0.2, -0.15) is 4.39 Å². The van der Waals surface area contributed by atoms with Gasteiger partial charge in [-0.15, -0.1) is 0 Å². The third kappa shape index (κ3) is 1.98. The van der Waals surface area contributed by atoms with E-state index in [1.165, 1.54) is 39.1 Å². The molecule has 16 heavy (non-hydrogen) atoms. The topological polar surface area (TPSA) is 29.5 Å². The third-order valence-electron chi connectivity index (χ3n) is 2.27. The van der Waals surface area contributed by atoms with Crippen molar-refractivity contribution in [1.82, 2.24) is 4.90 Å². The minimum Gasteiger partial charge on any atom is -0.494 e. The maximum atomic E-state index is 13.4. The average molecular weight is 229 g/mol. The Bertz CT molecular complexity index is 430. The average Bonchev–Trinajstić information content (AvgIpc) is 2.25. The summed E-state index contributed by atoms with van der Waals surface area (Å²) in [6.45, 7) is 1.36. The highest BCUT2D eigenvalue weighted by Gasteiger charge is 2.21. The molecule has 3 nitrogen and oxygen atoms in total. The van der Waals surface area contributed by atoms with Crippen LogP contribution in [0, 0.1) is 18.6 Å². The minimum atomic E-state index is -1.07.